The van der Waals surface area contributed by atoms with Crippen LogP contribution >= 0.6 is 0 Å². The average molecular weight is 233 g/mol. The van der Waals surface area contributed by atoms with Gasteiger partial charge in [0.25, 0.3) is 0 Å². The molecule has 0 bridgehead atoms. The maximum atomic E-state index is 9.71. The molecule has 0 aliphatic rings. The number of aliphatic hydroxyl groups excluding tert-OH is 1. The first-order valence-corrected chi connectivity index (χ1v) is 6.00. The molecule has 0 saturated carbocycles. The van der Waals surface area contributed by atoms with Gasteiger partial charge in [-0.3, -0.25) is 0 Å². The zero-order chi connectivity index (χ0) is 12.4. The molecule has 0 spiro atoms. The van der Waals surface area contributed by atoms with Crippen LogP contribution in [0.4, 0.5) is 0 Å². The zero-order valence-corrected chi connectivity index (χ0v) is 10.3. The molecule has 4 nitrogen and oxygen atoms in total. The Kier molecular flexibility index (Phi) is 3.45. The quantitative estimate of drug-likeness (QED) is 0.841. The van der Waals surface area contributed by atoms with Crippen molar-refractivity contribution >= 4 is 11.0 Å². The van der Waals surface area contributed by atoms with Crippen molar-refractivity contribution in [2.24, 2.45) is 12.8 Å². The number of nitrogens with two attached hydrogens (primary N) is 1. The molecule has 1 aromatic carbocycles. The number of fused-ring (bicyclic) bond motifs is 1. The van der Waals surface area contributed by atoms with Gasteiger partial charge in [0.05, 0.1) is 17.1 Å². The van der Waals surface area contributed by atoms with Crippen molar-refractivity contribution in [1.29, 1.82) is 0 Å². The predicted octanol–water partition coefficient (Wildman–Crippen LogP) is 1.52. The maximum Gasteiger partial charge on any atom is 0.109 e. The Balaban J connectivity index is 2.47. The number of nitrogens with zero attached hydrogens (tertiary/aromatic N) is 2. The molecule has 1 aromatic heterocycles. The van der Waals surface area contributed by atoms with Crippen molar-refractivity contribution in [2.45, 2.75) is 25.9 Å². The Morgan fingerprint density at radius 2 is 2.24 bits per heavy atom. The predicted molar refractivity (Wildman–Crippen MR) is 68.7 cm³/mol. The zero-order valence-electron chi connectivity index (χ0n) is 10.3. The smallest absolute Gasteiger partial charge is 0.109 e. The number of imidazole rings is 1. The number of aliphatic hydroxyl groups is 1. The highest BCUT2D eigenvalue weighted by molar-refractivity contribution is 5.77. The van der Waals surface area contributed by atoms with Gasteiger partial charge in [-0.2, -0.15) is 0 Å². The molecule has 0 radical (unpaired) electrons. The largest absolute Gasteiger partial charge is 0.387 e. The van der Waals surface area contributed by atoms with Crippen molar-refractivity contribution in [3.05, 3.63) is 29.6 Å². The highest BCUT2D eigenvalue weighted by Gasteiger charge is 2.10. The molecule has 0 aliphatic carbocycles. The van der Waals surface area contributed by atoms with Crippen LogP contribution in [0.15, 0.2) is 18.2 Å². The van der Waals surface area contributed by atoms with E-state index in [1.807, 2.05) is 25.2 Å². The van der Waals surface area contributed by atoms with E-state index >= 15 is 0 Å². The molecule has 1 heterocycles. The van der Waals surface area contributed by atoms with Crippen LogP contribution in [-0.2, 0) is 13.5 Å². The summed E-state index contributed by atoms with van der Waals surface area (Å²) in [4.78, 5) is 4.59. The summed E-state index contributed by atoms with van der Waals surface area (Å²) < 4.78 is 2.11. The highest BCUT2D eigenvalue weighted by Crippen LogP contribution is 2.20. The summed E-state index contributed by atoms with van der Waals surface area (Å²) in [5.74, 6) is 1.09. The van der Waals surface area contributed by atoms with Crippen LogP contribution in [0.3, 0.4) is 0 Å². The third-order valence-corrected chi connectivity index (χ3v) is 3.08. The van der Waals surface area contributed by atoms with Crippen LogP contribution in [0.2, 0.25) is 0 Å². The lowest BCUT2D eigenvalue weighted by Crippen LogP contribution is -2.11. The second-order valence-corrected chi connectivity index (χ2v) is 4.34. The van der Waals surface area contributed by atoms with Gasteiger partial charge in [0.15, 0.2) is 0 Å². The first-order chi connectivity index (χ1) is 8.17. The van der Waals surface area contributed by atoms with Gasteiger partial charge >= 0.3 is 0 Å². The van der Waals surface area contributed by atoms with E-state index in [1.165, 1.54) is 0 Å². The van der Waals surface area contributed by atoms with Gasteiger partial charge in [-0.05, 0) is 24.1 Å². The first-order valence-electron chi connectivity index (χ1n) is 6.00. The minimum atomic E-state index is -0.601. The van der Waals surface area contributed by atoms with E-state index in [4.69, 9.17) is 5.73 Å². The molecular weight excluding hydrogens is 214 g/mol. The molecule has 3 N–H and O–H groups in total. The summed E-state index contributed by atoms with van der Waals surface area (Å²) >= 11 is 0. The summed E-state index contributed by atoms with van der Waals surface area (Å²) in [5.41, 5.74) is 8.32. The molecule has 92 valence electrons. The van der Waals surface area contributed by atoms with Gasteiger partial charge in [0.1, 0.15) is 5.82 Å². The number of aromatic nitrogens is 2. The molecule has 2 aromatic rings. The van der Waals surface area contributed by atoms with Gasteiger partial charge < -0.3 is 15.4 Å². The van der Waals surface area contributed by atoms with Crippen molar-refractivity contribution < 1.29 is 5.11 Å². The number of benzene rings is 1. The van der Waals surface area contributed by atoms with Gasteiger partial charge in [-0.1, -0.05) is 13.0 Å². The van der Waals surface area contributed by atoms with E-state index in [1.54, 1.807) is 0 Å². The number of aryl methyl sites for hydroxylation is 2. The second-order valence-electron chi connectivity index (χ2n) is 4.34. The Morgan fingerprint density at radius 3 is 2.88 bits per heavy atom. The molecule has 0 fully saturated rings. The molecule has 2 rings (SSSR count). The normalized spacial score (nSPS) is 13.2. The van der Waals surface area contributed by atoms with Crippen LogP contribution < -0.4 is 5.73 Å². The van der Waals surface area contributed by atoms with Crippen LogP contribution in [0.1, 0.15) is 30.8 Å². The van der Waals surface area contributed by atoms with E-state index in [9.17, 15) is 5.11 Å². The first kappa shape index (κ1) is 12.1. The molecule has 17 heavy (non-hydrogen) atoms. The Bertz CT molecular complexity index is 519. The average Bonchev–Trinajstić information content (AvgIpc) is 2.65. The van der Waals surface area contributed by atoms with Gasteiger partial charge in [-0.15, -0.1) is 0 Å². The van der Waals surface area contributed by atoms with Crippen molar-refractivity contribution in [3.8, 4) is 0 Å². The fourth-order valence-electron chi connectivity index (χ4n) is 2.06. The highest BCUT2D eigenvalue weighted by atomic mass is 16.3. The van der Waals surface area contributed by atoms with E-state index in [2.05, 4.69) is 16.5 Å². The van der Waals surface area contributed by atoms with E-state index in [0.717, 1.165) is 35.3 Å². The fourth-order valence-corrected chi connectivity index (χ4v) is 2.06. The van der Waals surface area contributed by atoms with Gasteiger partial charge in [-0.25, -0.2) is 4.98 Å². The lowest BCUT2D eigenvalue weighted by atomic mass is 10.1. The van der Waals surface area contributed by atoms with Gasteiger partial charge in [0.2, 0.25) is 0 Å². The summed E-state index contributed by atoms with van der Waals surface area (Å²) in [7, 11) is 2.03. The monoisotopic (exact) mass is 233 g/mol. The van der Waals surface area contributed by atoms with Crippen molar-refractivity contribution in [2.75, 3.05) is 6.54 Å². The minimum absolute atomic E-state index is 0.236. The third-order valence-electron chi connectivity index (χ3n) is 3.08. The molecule has 1 unspecified atom stereocenters. The number of rotatable bonds is 4. The SMILES string of the molecule is CCCc1nc2cc(C(O)CN)ccc2n1C. The fraction of sp³-hybridized carbons (Fsp3) is 0.462. The number of hydrogen-bond acceptors (Lipinski definition) is 3. The lowest BCUT2D eigenvalue weighted by molar-refractivity contribution is 0.187. The van der Waals surface area contributed by atoms with Crippen molar-refractivity contribution in [1.82, 2.24) is 9.55 Å². The number of hydrogen-bond donors (Lipinski definition) is 2. The van der Waals surface area contributed by atoms with Crippen molar-refractivity contribution in [3.63, 3.8) is 0 Å². The lowest BCUT2D eigenvalue weighted by Gasteiger charge is -2.07. The summed E-state index contributed by atoms with van der Waals surface area (Å²) in [6.45, 7) is 2.38. The van der Waals surface area contributed by atoms with Crippen LogP contribution in [0.25, 0.3) is 11.0 Å². The Hall–Kier alpha value is -1.39. The summed E-state index contributed by atoms with van der Waals surface area (Å²) in [5, 5.41) is 9.71. The molecule has 0 amide bonds. The molecule has 1 atom stereocenters. The topological polar surface area (TPSA) is 64.1 Å². The standard InChI is InChI=1S/C13H19N3O/c1-3-4-13-15-10-7-9(12(17)8-14)5-6-11(10)16(13)2/h5-7,12,17H,3-4,8,14H2,1-2H3. The molecular formula is C13H19N3O. The maximum absolute atomic E-state index is 9.71. The summed E-state index contributed by atoms with van der Waals surface area (Å²) in [6, 6.07) is 5.83. The molecule has 0 aliphatic heterocycles. The van der Waals surface area contributed by atoms with Crippen LogP contribution in [0, 0.1) is 0 Å². The minimum Gasteiger partial charge on any atom is -0.387 e. The molecule has 4 heteroatoms. The Morgan fingerprint density at radius 1 is 1.47 bits per heavy atom. The van der Waals surface area contributed by atoms with Gasteiger partial charge in [0, 0.05) is 20.0 Å². The molecule has 0 saturated heterocycles. The van der Waals surface area contributed by atoms with E-state index in [0.29, 0.717) is 0 Å². The van der Waals surface area contributed by atoms with E-state index < -0.39 is 6.10 Å². The second kappa shape index (κ2) is 4.85. The van der Waals surface area contributed by atoms with Crippen LogP contribution in [-0.4, -0.2) is 21.2 Å². The Labute approximate surface area is 101 Å². The summed E-state index contributed by atoms with van der Waals surface area (Å²) in [6.07, 6.45) is 1.45. The van der Waals surface area contributed by atoms with Crippen LogP contribution in [0.5, 0.6) is 0 Å². The third kappa shape index (κ3) is 2.18. The van der Waals surface area contributed by atoms with E-state index in [-0.39, 0.29) is 6.54 Å².